The molecule has 0 saturated heterocycles. The molecule has 7 nitrogen and oxygen atoms in total. The van der Waals surface area contributed by atoms with Crippen LogP contribution in [0.25, 0.3) is 0 Å². The highest BCUT2D eigenvalue weighted by Gasteiger charge is 2.06. The molecule has 0 bridgehead atoms. The molecule has 0 amide bonds. The highest BCUT2D eigenvalue weighted by atomic mass is 16.1. The van der Waals surface area contributed by atoms with Crippen LogP contribution in [0.1, 0.15) is 24.5 Å². The van der Waals surface area contributed by atoms with Gasteiger partial charge in [-0.2, -0.15) is 10.2 Å². The highest BCUT2D eigenvalue weighted by Crippen LogP contribution is 2.00. The highest BCUT2D eigenvalue weighted by molar-refractivity contribution is 5.78. The Labute approximate surface area is 105 Å². The number of ketones is 1. The van der Waals surface area contributed by atoms with Crippen molar-refractivity contribution < 1.29 is 4.79 Å². The van der Waals surface area contributed by atoms with Crippen LogP contribution in [-0.4, -0.2) is 35.3 Å². The van der Waals surface area contributed by atoms with Crippen molar-refractivity contribution in [2.75, 3.05) is 0 Å². The number of carbonyl (C=O) groups excluding carboxylic acids is 1. The van der Waals surface area contributed by atoms with E-state index in [4.69, 9.17) is 0 Å². The number of hydrogen-bond donors (Lipinski definition) is 0. The molecule has 0 fully saturated rings. The zero-order valence-electron chi connectivity index (χ0n) is 10.6. The van der Waals surface area contributed by atoms with E-state index in [1.165, 1.54) is 12.7 Å². The standard InChI is InChI=1S/C11H16N6O/c1-9-12-7-14-16(9)5-3-11(18)4-6-17-10(2)13-8-15-17/h7-8H,3-6H2,1-2H3. The van der Waals surface area contributed by atoms with Gasteiger partial charge in [-0.25, -0.2) is 19.3 Å². The minimum Gasteiger partial charge on any atom is -0.300 e. The monoisotopic (exact) mass is 248 g/mol. The topological polar surface area (TPSA) is 78.5 Å². The molecule has 0 unspecified atom stereocenters. The molecule has 0 atom stereocenters. The largest absolute Gasteiger partial charge is 0.300 e. The lowest BCUT2D eigenvalue weighted by molar-refractivity contribution is -0.119. The minimum atomic E-state index is 0.194. The van der Waals surface area contributed by atoms with Crippen molar-refractivity contribution in [2.24, 2.45) is 0 Å². The summed E-state index contributed by atoms with van der Waals surface area (Å²) in [6.07, 6.45) is 3.94. The molecule has 96 valence electrons. The van der Waals surface area contributed by atoms with Gasteiger partial charge >= 0.3 is 0 Å². The first-order valence-electron chi connectivity index (χ1n) is 5.87. The van der Waals surface area contributed by atoms with Gasteiger partial charge in [0.05, 0.1) is 0 Å². The summed E-state index contributed by atoms with van der Waals surface area (Å²) in [5.74, 6) is 1.85. The summed E-state index contributed by atoms with van der Waals surface area (Å²) >= 11 is 0. The Kier molecular flexibility index (Phi) is 3.81. The summed E-state index contributed by atoms with van der Waals surface area (Å²) in [6, 6.07) is 0. The van der Waals surface area contributed by atoms with Crippen molar-refractivity contribution in [1.82, 2.24) is 29.5 Å². The first-order valence-corrected chi connectivity index (χ1v) is 5.87. The Morgan fingerprint density at radius 1 is 1.00 bits per heavy atom. The lowest BCUT2D eigenvalue weighted by Gasteiger charge is -2.04. The van der Waals surface area contributed by atoms with Gasteiger partial charge in [-0.1, -0.05) is 0 Å². The van der Waals surface area contributed by atoms with Gasteiger partial charge in [0.1, 0.15) is 30.1 Å². The van der Waals surface area contributed by atoms with E-state index < -0.39 is 0 Å². The van der Waals surface area contributed by atoms with Crippen LogP contribution in [0.5, 0.6) is 0 Å². The van der Waals surface area contributed by atoms with Gasteiger partial charge in [-0.15, -0.1) is 0 Å². The van der Waals surface area contributed by atoms with E-state index in [2.05, 4.69) is 20.2 Å². The maximum atomic E-state index is 11.7. The van der Waals surface area contributed by atoms with E-state index in [0.717, 1.165) is 11.6 Å². The van der Waals surface area contributed by atoms with Crippen LogP contribution < -0.4 is 0 Å². The average molecular weight is 248 g/mol. The zero-order valence-corrected chi connectivity index (χ0v) is 10.6. The van der Waals surface area contributed by atoms with Crippen LogP contribution in [-0.2, 0) is 17.9 Å². The van der Waals surface area contributed by atoms with Crippen LogP contribution in [0.15, 0.2) is 12.7 Å². The maximum absolute atomic E-state index is 11.7. The van der Waals surface area contributed by atoms with Gasteiger partial charge in [-0.3, -0.25) is 4.79 Å². The summed E-state index contributed by atoms with van der Waals surface area (Å²) in [7, 11) is 0. The molecule has 0 N–H and O–H groups in total. The van der Waals surface area contributed by atoms with E-state index in [-0.39, 0.29) is 5.78 Å². The Morgan fingerprint density at radius 2 is 1.44 bits per heavy atom. The quantitative estimate of drug-likeness (QED) is 0.745. The average Bonchev–Trinajstić information content (AvgIpc) is 2.93. The molecule has 0 aliphatic rings. The number of carbonyl (C=O) groups is 1. The van der Waals surface area contributed by atoms with Crippen molar-refractivity contribution >= 4 is 5.78 Å². The van der Waals surface area contributed by atoms with Crippen LogP contribution in [0.4, 0.5) is 0 Å². The maximum Gasteiger partial charge on any atom is 0.138 e. The number of Topliss-reactive ketones (excluding diaryl/α,β-unsaturated/α-hetero) is 1. The van der Waals surface area contributed by atoms with E-state index in [1.807, 2.05) is 13.8 Å². The van der Waals surface area contributed by atoms with Gasteiger partial charge in [0.25, 0.3) is 0 Å². The molecule has 0 saturated carbocycles. The number of aromatic nitrogens is 6. The second-order valence-electron chi connectivity index (χ2n) is 4.10. The van der Waals surface area contributed by atoms with Crippen molar-refractivity contribution in [3.8, 4) is 0 Å². The van der Waals surface area contributed by atoms with E-state index in [1.54, 1.807) is 9.36 Å². The van der Waals surface area contributed by atoms with Crippen LogP contribution in [0.3, 0.4) is 0 Å². The predicted octanol–water partition coefficient (Wildman–Crippen LogP) is 0.536. The molecular formula is C11H16N6O. The van der Waals surface area contributed by atoms with Crippen molar-refractivity contribution in [3.63, 3.8) is 0 Å². The number of aryl methyl sites for hydroxylation is 4. The van der Waals surface area contributed by atoms with Gasteiger partial charge in [-0.05, 0) is 13.8 Å². The lowest BCUT2D eigenvalue weighted by atomic mass is 10.2. The second-order valence-corrected chi connectivity index (χ2v) is 4.10. The number of rotatable bonds is 6. The molecular weight excluding hydrogens is 232 g/mol. The fraction of sp³-hybridized carbons (Fsp3) is 0.545. The molecule has 0 aliphatic carbocycles. The molecule has 0 aromatic carbocycles. The fourth-order valence-corrected chi connectivity index (χ4v) is 1.67. The van der Waals surface area contributed by atoms with Crippen molar-refractivity contribution in [1.29, 1.82) is 0 Å². The van der Waals surface area contributed by atoms with Gasteiger partial charge in [0.15, 0.2) is 0 Å². The van der Waals surface area contributed by atoms with E-state index >= 15 is 0 Å². The summed E-state index contributed by atoms with van der Waals surface area (Å²) in [4.78, 5) is 19.8. The number of nitrogens with zero attached hydrogens (tertiary/aromatic N) is 6. The molecule has 0 spiro atoms. The molecule has 7 heteroatoms. The summed E-state index contributed by atoms with van der Waals surface area (Å²) in [5.41, 5.74) is 0. The molecule has 2 aromatic rings. The van der Waals surface area contributed by atoms with Gasteiger partial charge in [0.2, 0.25) is 0 Å². The van der Waals surface area contributed by atoms with Crippen LogP contribution in [0, 0.1) is 13.8 Å². The second kappa shape index (κ2) is 5.52. The summed E-state index contributed by atoms with van der Waals surface area (Å²) in [6.45, 7) is 4.91. The molecule has 2 heterocycles. The predicted molar refractivity (Wildman–Crippen MR) is 63.8 cm³/mol. The van der Waals surface area contributed by atoms with Crippen LogP contribution in [0.2, 0.25) is 0 Å². The molecule has 2 rings (SSSR count). The smallest absolute Gasteiger partial charge is 0.138 e. The lowest BCUT2D eigenvalue weighted by Crippen LogP contribution is -2.12. The fourth-order valence-electron chi connectivity index (χ4n) is 1.67. The third-order valence-corrected chi connectivity index (χ3v) is 2.82. The Morgan fingerprint density at radius 3 is 1.78 bits per heavy atom. The normalized spacial score (nSPS) is 10.8. The first-order chi connectivity index (χ1) is 8.66. The molecule has 2 aromatic heterocycles. The molecule has 0 aliphatic heterocycles. The van der Waals surface area contributed by atoms with Crippen LogP contribution >= 0.6 is 0 Å². The molecule has 18 heavy (non-hydrogen) atoms. The van der Waals surface area contributed by atoms with E-state index in [0.29, 0.717) is 25.9 Å². The SMILES string of the molecule is Cc1ncnn1CCC(=O)CCn1ncnc1C. The number of hydrogen-bond acceptors (Lipinski definition) is 5. The Bertz CT molecular complexity index is 483. The van der Waals surface area contributed by atoms with Gasteiger partial charge in [0, 0.05) is 25.9 Å². The zero-order chi connectivity index (χ0) is 13.0. The Hall–Kier alpha value is -2.05. The minimum absolute atomic E-state index is 0.194. The third kappa shape index (κ3) is 2.99. The van der Waals surface area contributed by atoms with Crippen molar-refractivity contribution in [2.45, 2.75) is 39.8 Å². The Balaban J connectivity index is 1.76. The van der Waals surface area contributed by atoms with Crippen molar-refractivity contribution in [3.05, 3.63) is 24.3 Å². The van der Waals surface area contributed by atoms with Gasteiger partial charge < -0.3 is 0 Å². The third-order valence-electron chi connectivity index (χ3n) is 2.82. The first kappa shape index (κ1) is 12.4. The molecule has 0 radical (unpaired) electrons. The summed E-state index contributed by atoms with van der Waals surface area (Å²) in [5, 5.41) is 8.08. The summed E-state index contributed by atoms with van der Waals surface area (Å²) < 4.78 is 3.47. The van der Waals surface area contributed by atoms with E-state index in [9.17, 15) is 4.79 Å².